The Morgan fingerprint density at radius 3 is 2.67 bits per heavy atom. The zero-order chi connectivity index (χ0) is 14.2. The van der Waals surface area contributed by atoms with Gasteiger partial charge in [0.2, 0.25) is 6.10 Å². The Morgan fingerprint density at radius 1 is 1.19 bits per heavy atom. The fourth-order valence-corrected chi connectivity index (χ4v) is 3.57. The topological polar surface area (TPSA) is 49.2 Å². The van der Waals surface area contributed by atoms with Crippen LogP contribution >= 0.6 is 0 Å². The molecule has 1 aromatic rings. The van der Waals surface area contributed by atoms with Gasteiger partial charge in [-0.25, -0.2) is 4.79 Å². The van der Waals surface area contributed by atoms with Gasteiger partial charge in [-0.3, -0.25) is 0 Å². The Labute approximate surface area is 123 Å². The zero-order valence-corrected chi connectivity index (χ0v) is 11.9. The summed E-state index contributed by atoms with van der Waals surface area (Å²) in [4.78, 5) is 13.9. The van der Waals surface area contributed by atoms with Crippen molar-refractivity contribution in [3.05, 3.63) is 24.3 Å². The summed E-state index contributed by atoms with van der Waals surface area (Å²) in [5.41, 5.74) is 0. The highest BCUT2D eigenvalue weighted by Crippen LogP contribution is 2.31. The lowest BCUT2D eigenvalue weighted by Gasteiger charge is -2.41. The van der Waals surface area contributed by atoms with Crippen molar-refractivity contribution in [1.29, 1.82) is 0 Å². The molecule has 112 valence electrons. The lowest BCUT2D eigenvalue weighted by molar-refractivity contribution is -0.920. The number of carbonyl (C=O) groups excluding carboxylic acids is 1. The molecule has 1 aromatic carbocycles. The highest BCUT2D eigenvalue weighted by molar-refractivity contribution is 5.76. The fourth-order valence-electron chi connectivity index (χ4n) is 3.57. The minimum Gasteiger partial charge on any atom is -0.485 e. The van der Waals surface area contributed by atoms with E-state index in [1.54, 1.807) is 4.90 Å². The normalized spacial score (nSPS) is 33.5. The molecule has 5 nitrogen and oxygen atoms in total. The van der Waals surface area contributed by atoms with E-state index in [0.717, 1.165) is 19.4 Å². The Morgan fingerprint density at radius 2 is 1.95 bits per heavy atom. The Bertz CT molecular complexity index is 539. The van der Waals surface area contributed by atoms with E-state index in [9.17, 15) is 4.79 Å². The van der Waals surface area contributed by atoms with Crippen LogP contribution < -0.4 is 14.4 Å². The largest absolute Gasteiger partial charge is 0.485 e. The van der Waals surface area contributed by atoms with Crippen LogP contribution in [0.3, 0.4) is 0 Å². The Kier molecular flexibility index (Phi) is 3.22. The van der Waals surface area contributed by atoms with Gasteiger partial charge in [0.25, 0.3) is 0 Å². The summed E-state index contributed by atoms with van der Waals surface area (Å²) < 4.78 is 17.0. The van der Waals surface area contributed by atoms with Crippen molar-refractivity contribution in [3.8, 4) is 11.5 Å². The Hall–Kier alpha value is -1.75. The van der Waals surface area contributed by atoms with Crippen LogP contribution in [0.25, 0.3) is 0 Å². The number of hydrogen-bond acceptors (Lipinski definition) is 4. The first kappa shape index (κ1) is 13.0. The molecule has 0 amide bonds. The van der Waals surface area contributed by atoms with E-state index in [1.807, 2.05) is 24.3 Å². The Balaban J connectivity index is 1.40. The molecule has 2 bridgehead atoms. The lowest BCUT2D eigenvalue weighted by Crippen LogP contribution is -3.16. The fraction of sp³-hybridized carbons (Fsp3) is 0.562. The lowest BCUT2D eigenvalue weighted by atomic mass is 9.86. The molecule has 0 spiro atoms. The summed E-state index contributed by atoms with van der Waals surface area (Å²) in [5.74, 6) is 1.55. The first-order valence-corrected chi connectivity index (χ1v) is 7.72. The number of piperidine rings is 3. The van der Waals surface area contributed by atoms with E-state index in [1.165, 1.54) is 13.1 Å². The second-order valence-electron chi connectivity index (χ2n) is 6.13. The van der Waals surface area contributed by atoms with Gasteiger partial charge in [0.05, 0.1) is 13.1 Å². The number of esters is 1. The van der Waals surface area contributed by atoms with Gasteiger partial charge in [-0.05, 0) is 12.1 Å². The van der Waals surface area contributed by atoms with E-state index in [-0.39, 0.29) is 18.7 Å². The smallest absolute Gasteiger partial charge is 0.351 e. The van der Waals surface area contributed by atoms with E-state index in [2.05, 4.69) is 0 Å². The van der Waals surface area contributed by atoms with Crippen molar-refractivity contribution in [1.82, 2.24) is 0 Å². The summed E-state index contributed by atoms with van der Waals surface area (Å²) in [6.07, 6.45) is 1.73. The van der Waals surface area contributed by atoms with Crippen LogP contribution in [0.1, 0.15) is 12.8 Å². The number of benzene rings is 1. The number of quaternary nitrogens is 1. The van der Waals surface area contributed by atoms with E-state index < -0.39 is 6.10 Å². The van der Waals surface area contributed by atoms with Crippen molar-refractivity contribution in [2.24, 2.45) is 5.92 Å². The van der Waals surface area contributed by atoms with Gasteiger partial charge < -0.3 is 19.1 Å². The van der Waals surface area contributed by atoms with Gasteiger partial charge in [-0.2, -0.15) is 0 Å². The third-order valence-corrected chi connectivity index (χ3v) is 4.79. The average molecular weight is 290 g/mol. The molecule has 5 rings (SSSR count). The van der Waals surface area contributed by atoms with Crippen LogP contribution in [0, 0.1) is 5.92 Å². The second-order valence-corrected chi connectivity index (χ2v) is 6.13. The van der Waals surface area contributed by atoms with Crippen molar-refractivity contribution >= 4 is 5.97 Å². The highest BCUT2D eigenvalue weighted by Gasteiger charge is 2.41. The summed E-state index contributed by atoms with van der Waals surface area (Å²) >= 11 is 0. The maximum absolute atomic E-state index is 12.3. The maximum Gasteiger partial charge on any atom is 0.351 e. The quantitative estimate of drug-likeness (QED) is 0.782. The van der Waals surface area contributed by atoms with Gasteiger partial charge in [-0.15, -0.1) is 0 Å². The van der Waals surface area contributed by atoms with Gasteiger partial charge in [-0.1, -0.05) is 12.1 Å². The summed E-state index contributed by atoms with van der Waals surface area (Å²) in [6, 6.07) is 7.41. The van der Waals surface area contributed by atoms with Crippen LogP contribution in [0.15, 0.2) is 24.3 Å². The van der Waals surface area contributed by atoms with E-state index in [4.69, 9.17) is 14.2 Å². The van der Waals surface area contributed by atoms with Gasteiger partial charge in [0, 0.05) is 18.8 Å². The molecule has 3 saturated heterocycles. The van der Waals surface area contributed by atoms with Crippen LogP contribution in [-0.2, 0) is 9.53 Å². The molecule has 0 radical (unpaired) electrons. The monoisotopic (exact) mass is 290 g/mol. The van der Waals surface area contributed by atoms with Crippen molar-refractivity contribution in [3.63, 3.8) is 0 Å². The number of nitrogens with one attached hydrogen (secondary N) is 1. The molecule has 5 heteroatoms. The predicted octanol–water partition coefficient (Wildman–Crippen LogP) is 0.0467. The van der Waals surface area contributed by atoms with Gasteiger partial charge in [0.15, 0.2) is 17.6 Å². The van der Waals surface area contributed by atoms with Crippen LogP contribution in [0.5, 0.6) is 11.5 Å². The maximum atomic E-state index is 12.3. The molecule has 4 aliphatic rings. The number of rotatable bonds is 2. The molecular weight excluding hydrogens is 270 g/mol. The summed E-state index contributed by atoms with van der Waals surface area (Å²) in [7, 11) is 0. The molecular formula is C16H20NO4+. The third kappa shape index (κ3) is 2.46. The zero-order valence-electron chi connectivity index (χ0n) is 11.9. The molecule has 0 saturated carbocycles. The van der Waals surface area contributed by atoms with Crippen molar-refractivity contribution in [2.45, 2.75) is 25.0 Å². The van der Waals surface area contributed by atoms with Crippen LogP contribution in [0.2, 0.25) is 0 Å². The van der Waals surface area contributed by atoms with E-state index in [0.29, 0.717) is 17.4 Å². The van der Waals surface area contributed by atoms with E-state index >= 15 is 0 Å². The molecule has 21 heavy (non-hydrogen) atoms. The number of fused-ring (bicyclic) bond motifs is 4. The molecule has 2 atom stereocenters. The predicted molar refractivity (Wildman–Crippen MR) is 74.5 cm³/mol. The first-order valence-electron chi connectivity index (χ1n) is 7.72. The molecule has 4 aliphatic heterocycles. The first-order chi connectivity index (χ1) is 10.3. The van der Waals surface area contributed by atoms with Gasteiger partial charge >= 0.3 is 5.97 Å². The molecule has 0 aromatic heterocycles. The van der Waals surface area contributed by atoms with Crippen molar-refractivity contribution in [2.75, 3.05) is 26.2 Å². The van der Waals surface area contributed by atoms with Gasteiger partial charge in [0.1, 0.15) is 13.2 Å². The average Bonchev–Trinajstić information content (AvgIpc) is 2.55. The molecule has 0 aliphatic carbocycles. The molecule has 4 heterocycles. The minimum atomic E-state index is -0.648. The highest BCUT2D eigenvalue weighted by atomic mass is 16.6. The number of para-hydroxylation sites is 2. The molecule has 1 N–H and O–H groups in total. The molecule has 0 unspecified atom stereocenters. The summed E-state index contributed by atoms with van der Waals surface area (Å²) in [5, 5.41) is 0. The third-order valence-electron chi connectivity index (χ3n) is 4.79. The number of hydrogen-bond donors (Lipinski definition) is 1. The van der Waals surface area contributed by atoms with Crippen LogP contribution in [0.4, 0.5) is 0 Å². The second kappa shape index (κ2) is 5.22. The standard InChI is InChI=1S/C16H19NO4/c18-16(21-14-9-17-7-5-11(14)6-8-17)15-10-19-12-3-1-2-4-13(12)20-15/h1-4,11,14-15H,5-10H2/p+1/t14-,15+/m1/s1. The number of ether oxygens (including phenoxy) is 3. The SMILES string of the molecule is O=C(O[C@@H]1C[NH+]2CCC1CC2)[C@@H]1COc2ccccc2O1. The number of carbonyl (C=O) groups is 1. The molecule has 3 fully saturated rings. The summed E-state index contributed by atoms with van der Waals surface area (Å²) in [6.45, 7) is 3.61. The van der Waals surface area contributed by atoms with Crippen LogP contribution in [-0.4, -0.2) is 44.4 Å². The minimum absolute atomic E-state index is 0.0516. The van der Waals surface area contributed by atoms with Crippen molar-refractivity contribution < 1.29 is 23.9 Å².